The van der Waals surface area contributed by atoms with Gasteiger partial charge in [-0.2, -0.15) is 0 Å². The van der Waals surface area contributed by atoms with E-state index in [4.69, 9.17) is 5.11 Å². The van der Waals surface area contributed by atoms with Crippen molar-refractivity contribution < 1.29 is 19.4 Å². The zero-order valence-corrected chi connectivity index (χ0v) is 7.97. The van der Waals surface area contributed by atoms with Gasteiger partial charge in [-0.05, 0) is 13.3 Å². The predicted octanol–water partition coefficient (Wildman–Crippen LogP) is 0.858. The first kappa shape index (κ1) is 10.6. The third-order valence-electron chi connectivity index (χ3n) is 2.05. The fourth-order valence-electron chi connectivity index (χ4n) is 1.22. The van der Waals surface area contributed by atoms with Gasteiger partial charge < -0.3 is 14.7 Å². The van der Waals surface area contributed by atoms with Crippen molar-refractivity contribution in [2.24, 2.45) is 0 Å². The lowest BCUT2D eigenvalue weighted by Gasteiger charge is -2.36. The largest absolute Gasteiger partial charge is 0.465 e. The van der Waals surface area contributed by atoms with Gasteiger partial charge in [0.15, 0.2) is 0 Å². The van der Waals surface area contributed by atoms with E-state index < -0.39 is 12.1 Å². The lowest BCUT2D eigenvalue weighted by Crippen LogP contribution is -2.49. The van der Waals surface area contributed by atoms with Crippen LogP contribution < -0.4 is 0 Å². The minimum Gasteiger partial charge on any atom is -0.465 e. The van der Waals surface area contributed by atoms with E-state index in [2.05, 4.69) is 4.74 Å². The molecular formula is C9H13NO4. The molecule has 0 aromatic rings. The molecular weight excluding hydrogens is 186 g/mol. The van der Waals surface area contributed by atoms with Crippen LogP contribution >= 0.6 is 0 Å². The Morgan fingerprint density at radius 2 is 2.36 bits per heavy atom. The minimum absolute atomic E-state index is 0.170. The van der Waals surface area contributed by atoms with E-state index in [1.165, 1.54) is 11.0 Å². The maximum Gasteiger partial charge on any atom is 0.407 e. The van der Waals surface area contributed by atoms with E-state index in [-0.39, 0.29) is 6.04 Å². The monoisotopic (exact) mass is 199 g/mol. The molecule has 1 N–H and O–H groups in total. The number of carbonyl (C=O) groups excluding carboxylic acids is 1. The first-order valence-electron chi connectivity index (χ1n) is 4.49. The second kappa shape index (κ2) is 4.64. The molecule has 0 aromatic heterocycles. The Kier molecular flexibility index (Phi) is 3.50. The molecule has 0 saturated carbocycles. The molecule has 0 aliphatic carbocycles. The molecule has 0 radical (unpaired) electrons. The number of hydrogen-bond acceptors (Lipinski definition) is 3. The lowest BCUT2D eigenvalue weighted by molar-refractivity contribution is -0.137. The van der Waals surface area contributed by atoms with Gasteiger partial charge in [0.1, 0.15) is 0 Å². The number of hydrogen-bond donors (Lipinski definition) is 1. The highest BCUT2D eigenvalue weighted by atomic mass is 16.5. The summed E-state index contributed by atoms with van der Waals surface area (Å²) in [7, 11) is 0. The van der Waals surface area contributed by atoms with Crippen molar-refractivity contribution in [3.05, 3.63) is 12.2 Å². The molecule has 1 rings (SSSR count). The Morgan fingerprint density at radius 1 is 1.64 bits per heavy atom. The first-order chi connectivity index (χ1) is 6.65. The van der Waals surface area contributed by atoms with Crippen LogP contribution in [0, 0.1) is 0 Å². The number of esters is 1. The molecule has 5 heteroatoms. The number of carboxylic acid groups (broad SMARTS) is 1. The fraction of sp³-hybridized carbons (Fsp3) is 0.556. The zero-order valence-electron chi connectivity index (χ0n) is 7.97. The van der Waals surface area contributed by atoms with Gasteiger partial charge in [-0.15, -0.1) is 0 Å². The summed E-state index contributed by atoms with van der Waals surface area (Å²) >= 11 is 0. The Labute approximate surface area is 82.0 Å². The molecule has 0 unspecified atom stereocenters. The molecule has 1 amide bonds. The minimum atomic E-state index is -0.949. The summed E-state index contributed by atoms with van der Waals surface area (Å²) in [5, 5.41) is 8.65. The quantitative estimate of drug-likeness (QED) is 0.540. The molecule has 1 atom stereocenters. The lowest BCUT2D eigenvalue weighted by atomic mass is 10.0. The van der Waals surface area contributed by atoms with Crippen LogP contribution in [0.15, 0.2) is 12.2 Å². The molecule has 1 fully saturated rings. The van der Waals surface area contributed by atoms with Crippen LogP contribution in [0.5, 0.6) is 0 Å². The molecule has 0 spiro atoms. The highest BCUT2D eigenvalue weighted by Gasteiger charge is 2.29. The molecule has 1 heterocycles. The van der Waals surface area contributed by atoms with E-state index in [0.717, 1.165) is 6.42 Å². The molecule has 78 valence electrons. The average molecular weight is 199 g/mol. The van der Waals surface area contributed by atoms with Crippen molar-refractivity contribution in [2.75, 3.05) is 13.2 Å². The maximum absolute atomic E-state index is 10.9. The van der Waals surface area contributed by atoms with Gasteiger partial charge in [-0.25, -0.2) is 9.59 Å². The Morgan fingerprint density at radius 3 is 2.79 bits per heavy atom. The number of carbonyl (C=O) groups is 2. The van der Waals surface area contributed by atoms with Gasteiger partial charge in [0.05, 0.1) is 12.6 Å². The van der Waals surface area contributed by atoms with E-state index in [1.54, 1.807) is 13.0 Å². The summed E-state index contributed by atoms with van der Waals surface area (Å²) in [4.78, 5) is 22.7. The van der Waals surface area contributed by atoms with E-state index in [1.807, 2.05) is 0 Å². The topological polar surface area (TPSA) is 66.8 Å². The van der Waals surface area contributed by atoms with E-state index in [9.17, 15) is 9.59 Å². The smallest absolute Gasteiger partial charge is 0.407 e. The Balaban J connectivity index is 2.37. The van der Waals surface area contributed by atoms with Crippen LogP contribution in [0.2, 0.25) is 0 Å². The summed E-state index contributed by atoms with van der Waals surface area (Å²) in [6, 6.07) is -0.170. The highest BCUT2D eigenvalue weighted by Crippen LogP contribution is 2.18. The number of likely N-dealkylation sites (tertiary alicyclic amines) is 1. The van der Waals surface area contributed by atoms with Crippen LogP contribution in [0.3, 0.4) is 0 Å². The number of nitrogens with zero attached hydrogens (tertiary/aromatic N) is 1. The number of ether oxygens (including phenoxy) is 1. The zero-order chi connectivity index (χ0) is 10.6. The summed E-state index contributed by atoms with van der Waals surface area (Å²) in [6.07, 6.45) is 2.66. The summed E-state index contributed by atoms with van der Waals surface area (Å²) in [5.74, 6) is -0.426. The predicted molar refractivity (Wildman–Crippen MR) is 48.9 cm³/mol. The SMILES string of the molecule is CCOC(=O)/C=C/[C@H]1CCN1C(=O)O. The van der Waals surface area contributed by atoms with Crippen molar-refractivity contribution in [1.82, 2.24) is 4.90 Å². The van der Waals surface area contributed by atoms with Gasteiger partial charge in [-0.1, -0.05) is 6.08 Å². The number of amides is 1. The number of rotatable bonds is 3. The van der Waals surface area contributed by atoms with Gasteiger partial charge in [0, 0.05) is 12.6 Å². The van der Waals surface area contributed by atoms with Crippen LogP contribution in [-0.2, 0) is 9.53 Å². The van der Waals surface area contributed by atoms with Crippen LogP contribution in [0.4, 0.5) is 4.79 Å². The third-order valence-corrected chi connectivity index (χ3v) is 2.05. The average Bonchev–Trinajstić information content (AvgIpc) is 2.01. The van der Waals surface area contributed by atoms with Crippen molar-refractivity contribution >= 4 is 12.1 Å². The van der Waals surface area contributed by atoms with Gasteiger partial charge in [-0.3, -0.25) is 0 Å². The van der Waals surface area contributed by atoms with Gasteiger partial charge >= 0.3 is 12.1 Å². The summed E-state index contributed by atoms with van der Waals surface area (Å²) in [5.41, 5.74) is 0. The highest BCUT2D eigenvalue weighted by molar-refractivity contribution is 5.82. The second-order valence-electron chi connectivity index (χ2n) is 2.94. The summed E-state index contributed by atoms with van der Waals surface area (Å²) in [6.45, 7) is 2.59. The summed E-state index contributed by atoms with van der Waals surface area (Å²) < 4.78 is 4.66. The van der Waals surface area contributed by atoms with Crippen LogP contribution in [-0.4, -0.2) is 41.3 Å². The fourth-order valence-corrected chi connectivity index (χ4v) is 1.22. The standard InChI is InChI=1S/C9H13NO4/c1-2-14-8(11)4-3-7-5-6-10(7)9(12)13/h3-4,7H,2,5-6H2,1H3,(H,12,13)/b4-3+/t7-/m0/s1. The molecule has 0 bridgehead atoms. The van der Waals surface area contributed by atoms with Gasteiger partial charge in [0.25, 0.3) is 0 Å². The van der Waals surface area contributed by atoms with Gasteiger partial charge in [0.2, 0.25) is 0 Å². The Bertz CT molecular complexity index is 262. The first-order valence-corrected chi connectivity index (χ1v) is 4.49. The molecule has 1 aliphatic heterocycles. The van der Waals surface area contributed by atoms with E-state index in [0.29, 0.717) is 13.2 Å². The third kappa shape index (κ3) is 2.48. The van der Waals surface area contributed by atoms with Crippen LogP contribution in [0.1, 0.15) is 13.3 Å². The Hall–Kier alpha value is -1.52. The molecule has 0 aromatic carbocycles. The molecule has 14 heavy (non-hydrogen) atoms. The second-order valence-corrected chi connectivity index (χ2v) is 2.94. The maximum atomic E-state index is 10.9. The van der Waals surface area contributed by atoms with Crippen molar-refractivity contribution in [3.63, 3.8) is 0 Å². The molecule has 5 nitrogen and oxygen atoms in total. The van der Waals surface area contributed by atoms with E-state index >= 15 is 0 Å². The normalized spacial score (nSPS) is 20.6. The molecule has 1 saturated heterocycles. The molecule has 1 aliphatic rings. The van der Waals surface area contributed by atoms with Crippen molar-refractivity contribution in [2.45, 2.75) is 19.4 Å². The van der Waals surface area contributed by atoms with Crippen molar-refractivity contribution in [3.8, 4) is 0 Å². The van der Waals surface area contributed by atoms with Crippen molar-refractivity contribution in [1.29, 1.82) is 0 Å². The van der Waals surface area contributed by atoms with Crippen LogP contribution in [0.25, 0.3) is 0 Å².